The van der Waals surface area contributed by atoms with E-state index in [0.717, 1.165) is 38.4 Å². The first kappa shape index (κ1) is 30.9. The van der Waals surface area contributed by atoms with Crippen LogP contribution in [-0.4, -0.2) is 18.5 Å². The van der Waals surface area contributed by atoms with Crippen LogP contribution in [-0.2, 0) is 4.79 Å². The van der Waals surface area contributed by atoms with Crippen LogP contribution in [0, 0.1) is 0 Å². The summed E-state index contributed by atoms with van der Waals surface area (Å²) in [5, 5.41) is 0.198. The molecule has 7 nitrogen and oxygen atoms in total. The third kappa shape index (κ3) is 10.2. The Hall–Kier alpha value is -3.61. The van der Waals surface area contributed by atoms with Crippen LogP contribution >= 0.6 is 0 Å². The summed E-state index contributed by atoms with van der Waals surface area (Å²) in [5.74, 6) is 0.147. The molecule has 0 saturated carbocycles. The van der Waals surface area contributed by atoms with E-state index in [2.05, 4.69) is 13.8 Å². The van der Waals surface area contributed by atoms with Gasteiger partial charge in [0, 0.05) is 12.5 Å². The highest BCUT2D eigenvalue weighted by molar-refractivity contribution is 5.94. The van der Waals surface area contributed by atoms with E-state index in [0.29, 0.717) is 30.3 Å². The first-order valence-corrected chi connectivity index (χ1v) is 14.7. The lowest BCUT2D eigenvalue weighted by Gasteiger charge is -2.08. The van der Waals surface area contributed by atoms with E-state index in [1.165, 1.54) is 63.1 Å². The van der Waals surface area contributed by atoms with Gasteiger partial charge in [0.1, 0.15) is 34.7 Å². The molecule has 0 unspecified atom stereocenters. The highest BCUT2D eigenvalue weighted by Gasteiger charge is 2.18. The van der Waals surface area contributed by atoms with Gasteiger partial charge in [-0.05, 0) is 49.2 Å². The van der Waals surface area contributed by atoms with Crippen molar-refractivity contribution in [2.45, 2.75) is 97.3 Å². The van der Waals surface area contributed by atoms with Gasteiger partial charge in [-0.1, -0.05) is 78.1 Å². The van der Waals surface area contributed by atoms with E-state index >= 15 is 0 Å². The minimum atomic E-state index is -0.814. The Balaban J connectivity index is 1.50. The zero-order valence-electron chi connectivity index (χ0n) is 23.9. The van der Waals surface area contributed by atoms with Crippen LogP contribution in [0.1, 0.15) is 108 Å². The summed E-state index contributed by atoms with van der Waals surface area (Å²) in [5.41, 5.74) is -0.516. The molecular weight excluding hydrogens is 508 g/mol. The Bertz CT molecular complexity index is 1260. The van der Waals surface area contributed by atoms with Crippen molar-refractivity contribution in [1.82, 2.24) is 0 Å². The molecule has 0 N–H and O–H groups in total. The number of rotatable bonds is 18. The van der Waals surface area contributed by atoms with Gasteiger partial charge in [0.25, 0.3) is 0 Å². The molecular formula is C33H42O7. The number of unbranched alkanes of at least 4 members (excludes halogenated alkanes) is 10. The van der Waals surface area contributed by atoms with Gasteiger partial charge in [-0.15, -0.1) is 0 Å². The largest absolute Gasteiger partial charge is 0.494 e. The summed E-state index contributed by atoms with van der Waals surface area (Å²) < 4.78 is 22.1. The predicted molar refractivity (Wildman–Crippen MR) is 156 cm³/mol. The van der Waals surface area contributed by atoms with Gasteiger partial charge >= 0.3 is 11.9 Å². The molecule has 0 aliphatic carbocycles. The summed E-state index contributed by atoms with van der Waals surface area (Å²) >= 11 is 0. The van der Waals surface area contributed by atoms with Crippen molar-refractivity contribution in [3.05, 3.63) is 64.5 Å². The molecule has 216 valence electrons. The van der Waals surface area contributed by atoms with Crippen molar-refractivity contribution in [2.24, 2.45) is 0 Å². The fourth-order valence-corrected chi connectivity index (χ4v) is 4.38. The van der Waals surface area contributed by atoms with Gasteiger partial charge in [0.2, 0.25) is 5.43 Å². The fourth-order valence-electron chi connectivity index (χ4n) is 4.38. The topological polar surface area (TPSA) is 92.0 Å². The van der Waals surface area contributed by atoms with Crippen LogP contribution in [0.3, 0.4) is 0 Å². The lowest BCUT2D eigenvalue weighted by molar-refractivity contribution is -0.134. The Kier molecular flexibility index (Phi) is 13.3. The summed E-state index contributed by atoms with van der Waals surface area (Å²) in [6.45, 7) is 5.02. The zero-order valence-corrected chi connectivity index (χ0v) is 23.9. The first-order chi connectivity index (χ1) is 19.5. The first-order valence-electron chi connectivity index (χ1n) is 14.7. The number of hydrogen-bond acceptors (Lipinski definition) is 7. The molecule has 1 aromatic heterocycles. The molecule has 0 fully saturated rings. The van der Waals surface area contributed by atoms with E-state index in [-0.39, 0.29) is 22.5 Å². The van der Waals surface area contributed by atoms with Crippen molar-refractivity contribution < 1.29 is 28.2 Å². The summed E-state index contributed by atoms with van der Waals surface area (Å²) in [7, 11) is 0. The maximum atomic E-state index is 12.9. The molecule has 2 aromatic carbocycles. The maximum absolute atomic E-state index is 12.9. The van der Waals surface area contributed by atoms with Gasteiger partial charge in [0.15, 0.2) is 0 Å². The predicted octanol–water partition coefficient (Wildman–Crippen LogP) is 8.41. The van der Waals surface area contributed by atoms with Crippen LogP contribution in [0.15, 0.2) is 57.9 Å². The average Bonchev–Trinajstić information content (AvgIpc) is 2.95. The molecule has 0 bridgehead atoms. The molecule has 3 aromatic rings. The molecule has 40 heavy (non-hydrogen) atoms. The number of ether oxygens (including phenoxy) is 3. The summed E-state index contributed by atoms with van der Waals surface area (Å²) in [4.78, 5) is 37.8. The lowest BCUT2D eigenvalue weighted by Crippen LogP contribution is -2.19. The minimum absolute atomic E-state index is 0.198. The van der Waals surface area contributed by atoms with E-state index in [4.69, 9.17) is 18.6 Å². The maximum Gasteiger partial charge on any atom is 0.350 e. The van der Waals surface area contributed by atoms with E-state index in [9.17, 15) is 14.4 Å². The monoisotopic (exact) mass is 550 g/mol. The molecule has 0 radical (unpaired) electrons. The molecule has 0 aliphatic rings. The van der Waals surface area contributed by atoms with Crippen LogP contribution in [0.25, 0.3) is 11.0 Å². The smallest absolute Gasteiger partial charge is 0.350 e. The SMILES string of the molecule is CCCCCCCCCC(=O)Oc1ccc2c(=O)c(C(=O)Oc3ccc(OCCCCCCC)cc3)coc2c1. The van der Waals surface area contributed by atoms with Gasteiger partial charge in [-0.3, -0.25) is 9.59 Å². The fraction of sp³-hybridized carbons (Fsp3) is 0.485. The van der Waals surface area contributed by atoms with Crippen LogP contribution in [0.4, 0.5) is 0 Å². The third-order valence-corrected chi connectivity index (χ3v) is 6.73. The lowest BCUT2D eigenvalue weighted by atomic mass is 10.1. The minimum Gasteiger partial charge on any atom is -0.494 e. The quantitative estimate of drug-likeness (QED) is 0.0892. The van der Waals surface area contributed by atoms with Gasteiger partial charge in [-0.2, -0.15) is 0 Å². The number of carbonyl (C=O) groups is 2. The Morgan fingerprint density at radius 1 is 0.700 bits per heavy atom. The molecule has 7 heteroatoms. The molecule has 0 atom stereocenters. The molecule has 0 aliphatic heterocycles. The van der Waals surface area contributed by atoms with Crippen molar-refractivity contribution >= 4 is 22.9 Å². The normalized spacial score (nSPS) is 10.9. The Morgan fingerprint density at radius 3 is 2.00 bits per heavy atom. The third-order valence-electron chi connectivity index (χ3n) is 6.73. The highest BCUT2D eigenvalue weighted by atomic mass is 16.5. The number of esters is 2. The van der Waals surface area contributed by atoms with Crippen molar-refractivity contribution in [1.29, 1.82) is 0 Å². The van der Waals surface area contributed by atoms with Crippen molar-refractivity contribution in [3.63, 3.8) is 0 Å². The van der Waals surface area contributed by atoms with Gasteiger partial charge < -0.3 is 18.6 Å². The second-order valence-corrected chi connectivity index (χ2v) is 10.1. The Morgan fingerprint density at radius 2 is 1.30 bits per heavy atom. The summed E-state index contributed by atoms with van der Waals surface area (Å²) in [6, 6.07) is 11.2. The van der Waals surface area contributed by atoms with E-state index < -0.39 is 11.4 Å². The van der Waals surface area contributed by atoms with E-state index in [1.54, 1.807) is 24.3 Å². The second-order valence-electron chi connectivity index (χ2n) is 10.1. The molecule has 1 heterocycles. The number of carbonyl (C=O) groups excluding carboxylic acids is 2. The number of benzene rings is 2. The number of hydrogen-bond donors (Lipinski definition) is 0. The van der Waals surface area contributed by atoms with E-state index in [1.807, 2.05) is 0 Å². The highest BCUT2D eigenvalue weighted by Crippen LogP contribution is 2.22. The second kappa shape index (κ2) is 17.2. The number of fused-ring (bicyclic) bond motifs is 1. The molecule has 0 spiro atoms. The van der Waals surface area contributed by atoms with Gasteiger partial charge in [0.05, 0.1) is 12.0 Å². The zero-order chi connectivity index (χ0) is 28.6. The van der Waals surface area contributed by atoms with Crippen molar-refractivity contribution in [2.75, 3.05) is 6.61 Å². The summed E-state index contributed by atoms with van der Waals surface area (Å²) in [6.07, 6.45) is 15.0. The molecule has 3 rings (SSSR count). The molecule has 0 amide bonds. The average molecular weight is 551 g/mol. The van der Waals surface area contributed by atoms with Crippen molar-refractivity contribution in [3.8, 4) is 17.2 Å². The van der Waals surface area contributed by atoms with Crippen LogP contribution < -0.4 is 19.6 Å². The standard InChI is InChI=1S/C33H42O7/c1-3-5-7-9-10-11-13-15-31(34)39-27-20-21-28-30(23-27)38-24-29(32(28)35)33(36)40-26-18-16-25(17-19-26)37-22-14-12-8-6-4-2/h16-21,23-24H,3-15,22H2,1-2H3. The van der Waals surface area contributed by atoms with Crippen LogP contribution in [0.5, 0.6) is 17.2 Å². The molecule has 0 saturated heterocycles. The van der Waals surface area contributed by atoms with Gasteiger partial charge in [-0.25, -0.2) is 4.79 Å². The Labute approximate surface area is 236 Å². The van der Waals surface area contributed by atoms with Crippen LogP contribution in [0.2, 0.25) is 0 Å².